The van der Waals surface area contributed by atoms with E-state index in [1.807, 2.05) is 0 Å². The first-order chi connectivity index (χ1) is 7.65. The normalized spacial score (nSPS) is 23.5. The maximum Gasteiger partial charge on any atom is 0.303 e. The van der Waals surface area contributed by atoms with Crippen molar-refractivity contribution in [1.29, 1.82) is 0 Å². The van der Waals surface area contributed by atoms with Crippen LogP contribution in [0.2, 0.25) is 0 Å². The molecule has 0 aromatic rings. The van der Waals surface area contributed by atoms with Crippen molar-refractivity contribution >= 4 is 5.97 Å². The van der Waals surface area contributed by atoms with Gasteiger partial charge in [-0.3, -0.25) is 9.69 Å². The molecule has 0 amide bonds. The van der Waals surface area contributed by atoms with Crippen LogP contribution in [0.3, 0.4) is 0 Å². The zero-order chi connectivity index (χ0) is 12.0. The molecule has 4 nitrogen and oxygen atoms in total. The summed E-state index contributed by atoms with van der Waals surface area (Å²) in [5.41, 5.74) is 0. The summed E-state index contributed by atoms with van der Waals surface area (Å²) in [5.74, 6) is -0.710. The third-order valence-electron chi connectivity index (χ3n) is 3.46. The van der Waals surface area contributed by atoms with E-state index >= 15 is 0 Å². The standard InChI is InChI=1S/C12H23NO3/c1-10(6-7-12(15)16)13-8-2-4-11(13)5-3-9-14/h10-11,14H,2-9H2,1H3,(H,15,16). The van der Waals surface area contributed by atoms with Gasteiger partial charge >= 0.3 is 5.97 Å². The van der Waals surface area contributed by atoms with Gasteiger partial charge in [0.2, 0.25) is 0 Å². The summed E-state index contributed by atoms with van der Waals surface area (Å²) in [6.07, 6.45) is 5.26. The highest BCUT2D eigenvalue weighted by molar-refractivity contribution is 5.66. The van der Waals surface area contributed by atoms with E-state index in [0.29, 0.717) is 12.1 Å². The number of carboxylic acid groups (broad SMARTS) is 1. The van der Waals surface area contributed by atoms with Gasteiger partial charge in [-0.1, -0.05) is 0 Å². The Labute approximate surface area is 97.3 Å². The average molecular weight is 229 g/mol. The zero-order valence-corrected chi connectivity index (χ0v) is 10.1. The minimum absolute atomic E-state index is 0.254. The van der Waals surface area contributed by atoms with Crippen LogP contribution in [0.5, 0.6) is 0 Å². The van der Waals surface area contributed by atoms with Crippen LogP contribution in [-0.4, -0.2) is 46.3 Å². The summed E-state index contributed by atoms with van der Waals surface area (Å²) in [5, 5.41) is 17.5. The number of carboxylic acids is 1. The van der Waals surface area contributed by atoms with Crippen molar-refractivity contribution in [2.75, 3.05) is 13.2 Å². The monoisotopic (exact) mass is 229 g/mol. The molecule has 2 atom stereocenters. The molecule has 1 aliphatic rings. The fourth-order valence-corrected chi connectivity index (χ4v) is 2.57. The second-order valence-electron chi connectivity index (χ2n) is 4.68. The molecule has 0 aromatic carbocycles. The Hall–Kier alpha value is -0.610. The van der Waals surface area contributed by atoms with Gasteiger partial charge in [0.15, 0.2) is 0 Å². The van der Waals surface area contributed by atoms with E-state index in [2.05, 4.69) is 11.8 Å². The fourth-order valence-electron chi connectivity index (χ4n) is 2.57. The number of carbonyl (C=O) groups is 1. The Balaban J connectivity index is 2.34. The van der Waals surface area contributed by atoms with Crippen molar-refractivity contribution in [3.63, 3.8) is 0 Å². The van der Waals surface area contributed by atoms with Crippen LogP contribution in [0.15, 0.2) is 0 Å². The van der Waals surface area contributed by atoms with Gasteiger partial charge in [0.1, 0.15) is 0 Å². The van der Waals surface area contributed by atoms with Crippen LogP contribution in [0, 0.1) is 0 Å². The Morgan fingerprint density at radius 1 is 1.56 bits per heavy atom. The smallest absolute Gasteiger partial charge is 0.303 e. The van der Waals surface area contributed by atoms with Crippen molar-refractivity contribution in [2.45, 2.75) is 57.5 Å². The Morgan fingerprint density at radius 3 is 2.94 bits per heavy atom. The number of nitrogens with zero attached hydrogens (tertiary/aromatic N) is 1. The fraction of sp³-hybridized carbons (Fsp3) is 0.917. The Morgan fingerprint density at radius 2 is 2.31 bits per heavy atom. The number of aliphatic hydroxyl groups excluding tert-OH is 1. The molecule has 1 aliphatic heterocycles. The molecule has 1 rings (SSSR count). The zero-order valence-electron chi connectivity index (χ0n) is 10.1. The molecule has 1 heterocycles. The molecule has 0 aromatic heterocycles. The van der Waals surface area contributed by atoms with E-state index in [1.54, 1.807) is 0 Å². The van der Waals surface area contributed by atoms with Gasteiger partial charge in [0, 0.05) is 25.1 Å². The number of aliphatic hydroxyl groups is 1. The molecule has 1 fully saturated rings. The maximum absolute atomic E-state index is 10.5. The van der Waals surface area contributed by atoms with Crippen LogP contribution in [0.1, 0.15) is 45.4 Å². The Bertz CT molecular complexity index is 220. The summed E-state index contributed by atoms with van der Waals surface area (Å²) >= 11 is 0. The van der Waals surface area contributed by atoms with Gasteiger partial charge in [-0.25, -0.2) is 0 Å². The molecule has 4 heteroatoms. The third-order valence-corrected chi connectivity index (χ3v) is 3.46. The van der Waals surface area contributed by atoms with Crippen molar-refractivity contribution < 1.29 is 15.0 Å². The van der Waals surface area contributed by atoms with E-state index < -0.39 is 5.97 Å². The number of likely N-dealkylation sites (tertiary alicyclic amines) is 1. The minimum Gasteiger partial charge on any atom is -0.481 e. The van der Waals surface area contributed by atoms with Crippen molar-refractivity contribution in [3.8, 4) is 0 Å². The van der Waals surface area contributed by atoms with Gasteiger partial charge in [-0.05, 0) is 45.6 Å². The molecule has 2 unspecified atom stereocenters. The van der Waals surface area contributed by atoms with Gasteiger partial charge in [-0.2, -0.15) is 0 Å². The molecule has 0 saturated carbocycles. The molecular formula is C12H23NO3. The molecule has 0 bridgehead atoms. The van der Waals surface area contributed by atoms with Crippen molar-refractivity contribution in [3.05, 3.63) is 0 Å². The Kier molecular flexibility index (Phi) is 5.77. The highest BCUT2D eigenvalue weighted by atomic mass is 16.4. The number of hydrogen-bond donors (Lipinski definition) is 2. The van der Waals surface area contributed by atoms with Crippen LogP contribution in [0.25, 0.3) is 0 Å². The van der Waals surface area contributed by atoms with E-state index in [4.69, 9.17) is 10.2 Å². The van der Waals surface area contributed by atoms with Gasteiger partial charge in [0.25, 0.3) is 0 Å². The van der Waals surface area contributed by atoms with E-state index in [9.17, 15) is 4.79 Å². The number of rotatable bonds is 7. The first-order valence-corrected chi connectivity index (χ1v) is 6.23. The SMILES string of the molecule is CC(CCC(=O)O)N1CCCC1CCCO. The molecule has 0 aliphatic carbocycles. The highest BCUT2D eigenvalue weighted by Gasteiger charge is 2.27. The first-order valence-electron chi connectivity index (χ1n) is 6.23. The molecule has 0 radical (unpaired) electrons. The number of hydrogen-bond acceptors (Lipinski definition) is 3. The third kappa shape index (κ3) is 4.10. The largest absolute Gasteiger partial charge is 0.481 e. The second kappa shape index (κ2) is 6.86. The molecular weight excluding hydrogens is 206 g/mol. The van der Waals surface area contributed by atoms with Gasteiger partial charge < -0.3 is 10.2 Å². The van der Waals surface area contributed by atoms with Crippen LogP contribution in [-0.2, 0) is 4.79 Å². The molecule has 2 N–H and O–H groups in total. The van der Waals surface area contributed by atoms with Gasteiger partial charge in [0.05, 0.1) is 0 Å². The van der Waals surface area contributed by atoms with Crippen LogP contribution in [0.4, 0.5) is 0 Å². The summed E-state index contributed by atoms with van der Waals surface area (Å²) in [7, 11) is 0. The topological polar surface area (TPSA) is 60.8 Å². The average Bonchev–Trinajstić information content (AvgIpc) is 2.71. The predicted molar refractivity (Wildman–Crippen MR) is 62.4 cm³/mol. The molecule has 1 saturated heterocycles. The quantitative estimate of drug-likeness (QED) is 0.694. The lowest BCUT2D eigenvalue weighted by Gasteiger charge is -2.30. The number of aliphatic carboxylic acids is 1. The maximum atomic E-state index is 10.5. The van der Waals surface area contributed by atoms with E-state index in [0.717, 1.165) is 25.8 Å². The lowest BCUT2D eigenvalue weighted by atomic mass is 10.1. The lowest BCUT2D eigenvalue weighted by Crippen LogP contribution is -2.37. The van der Waals surface area contributed by atoms with E-state index in [1.165, 1.54) is 12.8 Å². The summed E-state index contributed by atoms with van der Waals surface area (Å²) in [6.45, 7) is 3.45. The first kappa shape index (κ1) is 13.5. The second-order valence-corrected chi connectivity index (χ2v) is 4.68. The summed E-state index contributed by atoms with van der Waals surface area (Å²) < 4.78 is 0. The van der Waals surface area contributed by atoms with Crippen LogP contribution < -0.4 is 0 Å². The van der Waals surface area contributed by atoms with E-state index in [-0.39, 0.29) is 13.0 Å². The minimum atomic E-state index is -0.710. The lowest BCUT2D eigenvalue weighted by molar-refractivity contribution is -0.137. The molecule has 16 heavy (non-hydrogen) atoms. The summed E-state index contributed by atoms with van der Waals surface area (Å²) in [6, 6.07) is 0.901. The predicted octanol–water partition coefficient (Wildman–Crippen LogP) is 1.48. The molecule has 94 valence electrons. The van der Waals surface area contributed by atoms with Crippen molar-refractivity contribution in [1.82, 2.24) is 4.90 Å². The highest BCUT2D eigenvalue weighted by Crippen LogP contribution is 2.25. The summed E-state index contributed by atoms with van der Waals surface area (Å²) in [4.78, 5) is 12.9. The molecule has 0 spiro atoms. The van der Waals surface area contributed by atoms with Gasteiger partial charge in [-0.15, -0.1) is 0 Å². The van der Waals surface area contributed by atoms with Crippen molar-refractivity contribution in [2.24, 2.45) is 0 Å². The van der Waals surface area contributed by atoms with Crippen LogP contribution >= 0.6 is 0 Å².